The predicted octanol–water partition coefficient (Wildman–Crippen LogP) is 1.37. The second kappa shape index (κ2) is 6.12. The maximum Gasteiger partial charge on any atom is 0.261 e. The maximum atomic E-state index is 13.6. The van der Waals surface area contributed by atoms with Crippen LogP contribution in [0.1, 0.15) is 10.4 Å². The number of hydrogen-bond acceptors (Lipinski definition) is 6. The summed E-state index contributed by atoms with van der Waals surface area (Å²) in [6, 6.07) is 4.20. The summed E-state index contributed by atoms with van der Waals surface area (Å²) in [5, 5.41) is 13.4. The third-order valence-electron chi connectivity index (χ3n) is 3.87. The van der Waals surface area contributed by atoms with Gasteiger partial charge in [-0.1, -0.05) is 5.16 Å². The molecule has 1 aliphatic heterocycles. The second-order valence-corrected chi connectivity index (χ2v) is 5.82. The topological polar surface area (TPSA) is 79.0 Å². The van der Waals surface area contributed by atoms with E-state index in [1.807, 2.05) is 0 Å². The van der Waals surface area contributed by atoms with E-state index in [9.17, 15) is 14.3 Å². The number of methoxy groups -OCH3 is 1. The van der Waals surface area contributed by atoms with Gasteiger partial charge in [0, 0.05) is 32.7 Å². The highest BCUT2D eigenvalue weighted by molar-refractivity contribution is 6.04. The monoisotopic (exact) mass is 335 g/mol. The van der Waals surface area contributed by atoms with Crippen LogP contribution in [-0.2, 0) is 0 Å². The molecule has 0 atom stereocenters. The Morgan fingerprint density at radius 1 is 1.46 bits per heavy atom. The van der Waals surface area contributed by atoms with Crippen LogP contribution < -0.4 is 9.64 Å². The molecule has 7 nitrogen and oxygen atoms in total. The first-order valence-corrected chi connectivity index (χ1v) is 7.40. The van der Waals surface area contributed by atoms with Crippen LogP contribution in [0, 0.1) is 5.82 Å². The molecule has 3 rings (SSSR count). The van der Waals surface area contributed by atoms with Crippen molar-refractivity contribution in [2.24, 2.45) is 0 Å². The number of carbonyl (C=O) groups excluding carboxylic acids is 1. The van der Waals surface area contributed by atoms with Crippen molar-refractivity contribution in [1.29, 1.82) is 0 Å². The third kappa shape index (κ3) is 2.69. The number of hydrogen-bond donors (Lipinski definition) is 1. The lowest BCUT2D eigenvalue weighted by Gasteiger charge is -2.35. The molecule has 1 aliphatic rings. The number of benzene rings is 1. The molecular formula is C16H18FN3O4. The average molecular weight is 335 g/mol. The van der Waals surface area contributed by atoms with Crippen molar-refractivity contribution < 1.29 is 23.6 Å². The molecule has 0 radical (unpaired) electrons. The molecule has 128 valence electrons. The fraction of sp³-hybridized carbons (Fsp3) is 0.375. The smallest absolute Gasteiger partial charge is 0.261 e. The van der Waals surface area contributed by atoms with E-state index in [-0.39, 0.29) is 36.1 Å². The average Bonchev–Trinajstić information content (AvgIpc) is 2.97. The maximum absolute atomic E-state index is 13.6. The lowest BCUT2D eigenvalue weighted by atomic mass is 10.0. The zero-order chi connectivity index (χ0) is 17.4. The molecule has 24 heavy (non-hydrogen) atoms. The minimum atomic E-state index is -0.508. The Hall–Kier alpha value is -2.61. The van der Waals surface area contributed by atoms with Crippen LogP contribution in [0.4, 0.5) is 10.2 Å². The number of nitrogens with zero attached hydrogens (tertiary/aromatic N) is 3. The van der Waals surface area contributed by atoms with Gasteiger partial charge < -0.3 is 24.2 Å². The molecule has 1 saturated heterocycles. The summed E-state index contributed by atoms with van der Waals surface area (Å²) in [6.07, 6.45) is -0.508. The van der Waals surface area contributed by atoms with Crippen molar-refractivity contribution in [3.8, 4) is 17.1 Å². The Balaban J connectivity index is 2.06. The number of aromatic nitrogens is 1. The number of rotatable bonds is 4. The van der Waals surface area contributed by atoms with E-state index in [0.717, 1.165) is 0 Å². The number of halogens is 1. The van der Waals surface area contributed by atoms with Crippen LogP contribution in [-0.4, -0.2) is 61.5 Å². The number of aliphatic hydroxyl groups is 1. The number of aliphatic hydroxyl groups excluding tert-OH is 1. The summed E-state index contributed by atoms with van der Waals surface area (Å²) in [5.41, 5.74) is 0.763. The van der Waals surface area contributed by atoms with Crippen LogP contribution in [0.3, 0.4) is 0 Å². The molecule has 0 unspecified atom stereocenters. The Bertz CT molecular complexity index is 769. The van der Waals surface area contributed by atoms with Crippen LogP contribution in [0.15, 0.2) is 22.7 Å². The number of ether oxygens (including phenoxy) is 1. The first kappa shape index (κ1) is 16.3. The summed E-state index contributed by atoms with van der Waals surface area (Å²) >= 11 is 0. The first-order chi connectivity index (χ1) is 11.4. The van der Waals surface area contributed by atoms with E-state index in [4.69, 9.17) is 9.26 Å². The van der Waals surface area contributed by atoms with Crippen LogP contribution >= 0.6 is 0 Å². The summed E-state index contributed by atoms with van der Waals surface area (Å²) in [6.45, 7) is 0.534. The number of amides is 1. The van der Waals surface area contributed by atoms with Crippen LogP contribution in [0.2, 0.25) is 0 Å². The van der Waals surface area contributed by atoms with E-state index < -0.39 is 11.9 Å². The molecule has 2 heterocycles. The van der Waals surface area contributed by atoms with Crippen molar-refractivity contribution in [3.63, 3.8) is 0 Å². The largest absolute Gasteiger partial charge is 0.494 e. The van der Waals surface area contributed by atoms with Crippen LogP contribution in [0.25, 0.3) is 11.3 Å². The Morgan fingerprint density at radius 2 is 2.17 bits per heavy atom. The van der Waals surface area contributed by atoms with Crippen LogP contribution in [0.5, 0.6) is 5.75 Å². The van der Waals surface area contributed by atoms with Crippen molar-refractivity contribution in [1.82, 2.24) is 10.1 Å². The molecule has 1 amide bonds. The lowest BCUT2D eigenvalue weighted by Crippen LogP contribution is -2.53. The summed E-state index contributed by atoms with van der Waals surface area (Å²) in [5.74, 6) is -0.132. The number of carbonyl (C=O) groups is 1. The van der Waals surface area contributed by atoms with E-state index in [1.165, 1.54) is 30.2 Å². The minimum Gasteiger partial charge on any atom is -0.494 e. The molecule has 0 saturated carbocycles. The lowest BCUT2D eigenvalue weighted by molar-refractivity contribution is 0.00595. The first-order valence-electron chi connectivity index (χ1n) is 7.40. The molecule has 1 aromatic carbocycles. The fourth-order valence-electron chi connectivity index (χ4n) is 2.56. The summed E-state index contributed by atoms with van der Waals surface area (Å²) in [4.78, 5) is 15.9. The standard InChI is InChI=1S/C16H18FN3O4/c1-19(2)15-13(16(22)20-7-10(21)8-20)14(24-18-15)9-4-5-11(17)12(6-9)23-3/h4-6,10,21H,7-8H2,1-3H3. The Morgan fingerprint density at radius 3 is 2.75 bits per heavy atom. The van der Waals surface area contributed by atoms with Gasteiger partial charge in [0.1, 0.15) is 5.56 Å². The van der Waals surface area contributed by atoms with E-state index in [2.05, 4.69) is 5.16 Å². The van der Waals surface area contributed by atoms with Gasteiger partial charge in [0.15, 0.2) is 23.1 Å². The predicted molar refractivity (Wildman–Crippen MR) is 84.7 cm³/mol. The van der Waals surface area contributed by atoms with Crippen molar-refractivity contribution in [2.75, 3.05) is 39.2 Å². The molecule has 1 aromatic heterocycles. The van der Waals surface area contributed by atoms with Gasteiger partial charge in [0.25, 0.3) is 5.91 Å². The minimum absolute atomic E-state index is 0.0491. The molecule has 2 aromatic rings. The second-order valence-electron chi connectivity index (χ2n) is 5.82. The van der Waals surface area contributed by atoms with Gasteiger partial charge in [-0.3, -0.25) is 4.79 Å². The van der Waals surface area contributed by atoms with Crippen molar-refractivity contribution in [2.45, 2.75) is 6.10 Å². The molecule has 1 fully saturated rings. The van der Waals surface area contributed by atoms with Gasteiger partial charge in [-0.15, -0.1) is 0 Å². The highest BCUT2D eigenvalue weighted by atomic mass is 19.1. The summed E-state index contributed by atoms with van der Waals surface area (Å²) in [7, 11) is 4.85. The highest BCUT2D eigenvalue weighted by Crippen LogP contribution is 2.34. The van der Waals surface area contributed by atoms with E-state index in [1.54, 1.807) is 19.0 Å². The zero-order valence-corrected chi connectivity index (χ0v) is 13.6. The molecule has 0 spiro atoms. The highest BCUT2D eigenvalue weighted by Gasteiger charge is 2.35. The van der Waals surface area contributed by atoms with Gasteiger partial charge >= 0.3 is 0 Å². The van der Waals surface area contributed by atoms with Crippen molar-refractivity contribution in [3.05, 3.63) is 29.6 Å². The van der Waals surface area contributed by atoms with Gasteiger partial charge in [-0.05, 0) is 18.2 Å². The number of β-amino-alcohol motifs (C(OH)–C–C–N with tert-alkyl or cyclic N) is 1. The molecule has 0 aliphatic carbocycles. The van der Waals surface area contributed by atoms with Gasteiger partial charge in [-0.2, -0.15) is 0 Å². The third-order valence-corrected chi connectivity index (χ3v) is 3.87. The SMILES string of the molecule is COc1cc(-c2onc(N(C)C)c2C(=O)N2CC(O)C2)ccc1F. The number of anilines is 1. The fourth-order valence-corrected chi connectivity index (χ4v) is 2.56. The van der Waals surface area contributed by atoms with E-state index in [0.29, 0.717) is 11.4 Å². The number of likely N-dealkylation sites (tertiary alicyclic amines) is 1. The van der Waals surface area contributed by atoms with E-state index >= 15 is 0 Å². The molecule has 1 N–H and O–H groups in total. The summed E-state index contributed by atoms with van der Waals surface area (Å²) < 4.78 is 24.0. The van der Waals surface area contributed by atoms with Crippen molar-refractivity contribution >= 4 is 11.7 Å². The zero-order valence-electron chi connectivity index (χ0n) is 13.6. The van der Waals surface area contributed by atoms with Gasteiger partial charge in [0.2, 0.25) is 0 Å². The molecular weight excluding hydrogens is 317 g/mol. The Kier molecular flexibility index (Phi) is 4.15. The van der Waals surface area contributed by atoms with Gasteiger partial charge in [-0.25, -0.2) is 4.39 Å². The normalized spacial score (nSPS) is 14.5. The quantitative estimate of drug-likeness (QED) is 0.909. The van der Waals surface area contributed by atoms with Gasteiger partial charge in [0.05, 0.1) is 13.2 Å². The molecule has 8 heteroatoms. The Labute approximate surface area is 138 Å². The molecule has 0 bridgehead atoms.